The normalized spacial score (nSPS) is 18.9. The second-order valence-corrected chi connectivity index (χ2v) is 10.2. The molecule has 2 heteroatoms. The Labute approximate surface area is 216 Å². The summed E-state index contributed by atoms with van der Waals surface area (Å²) >= 11 is 0. The van der Waals surface area contributed by atoms with Gasteiger partial charge in [0.2, 0.25) is 0 Å². The lowest BCUT2D eigenvalue weighted by Gasteiger charge is -2.41. The van der Waals surface area contributed by atoms with Crippen molar-refractivity contribution in [2.75, 3.05) is 0 Å². The molecule has 5 aromatic carbocycles. The van der Waals surface area contributed by atoms with E-state index in [-0.39, 0.29) is 0 Å². The molecule has 176 valence electrons. The van der Waals surface area contributed by atoms with Gasteiger partial charge in [-0.05, 0) is 52.6 Å². The number of nitrogens with zero attached hydrogens (tertiary/aromatic N) is 1. The average Bonchev–Trinajstić information content (AvgIpc) is 3.29. The van der Waals surface area contributed by atoms with Crippen LogP contribution in [-0.4, -0.2) is 10.7 Å². The van der Waals surface area contributed by atoms with Gasteiger partial charge in [-0.25, -0.2) is 0 Å². The van der Waals surface area contributed by atoms with Crippen LogP contribution in [-0.2, 0) is 0 Å². The summed E-state index contributed by atoms with van der Waals surface area (Å²) in [6.07, 6.45) is 7.04. The first-order valence-electron chi connectivity index (χ1n) is 13.2. The lowest BCUT2D eigenvalue weighted by molar-refractivity contribution is -0.907. The van der Waals surface area contributed by atoms with Gasteiger partial charge in [-0.3, -0.25) is 0 Å². The molecule has 0 radical (unpaired) electrons. The highest BCUT2D eigenvalue weighted by molar-refractivity contribution is 6.20. The lowest BCUT2D eigenvalue weighted by Crippen LogP contribution is -3.20. The fourth-order valence-electron chi connectivity index (χ4n) is 6.57. The SMILES string of the molecule is C1=CC2=C(c3ccc(-c4ccccc4)cc3)[NH+](n3c4ccccc4c4c5ccccc5ccc43)C2CC1. The molecule has 37 heavy (non-hydrogen) atoms. The highest BCUT2D eigenvalue weighted by Gasteiger charge is 2.46. The van der Waals surface area contributed by atoms with E-state index in [0.29, 0.717) is 6.04 Å². The maximum absolute atomic E-state index is 2.57. The largest absolute Gasteiger partial charge is 0.188 e. The Bertz CT molecular complexity index is 1870. The van der Waals surface area contributed by atoms with Crippen molar-refractivity contribution in [2.24, 2.45) is 0 Å². The fraction of sp³-hybridized carbons (Fsp3) is 0.0857. The standard InChI is InChI=1S/C35H26N2/c1-2-10-24(11-3-1)25-18-20-27(21-19-25)35-30-15-7-9-17-32(30)37(35)36-31-16-8-6-14-29(31)34-28-13-5-4-12-26(28)22-23-33(34)36/h1-8,10-16,18-23,32H,9,17H2/p+1. The zero-order chi connectivity index (χ0) is 24.3. The van der Waals surface area contributed by atoms with E-state index < -0.39 is 0 Å². The van der Waals surface area contributed by atoms with Gasteiger partial charge in [0, 0.05) is 22.8 Å². The van der Waals surface area contributed by atoms with Crippen LogP contribution in [0.5, 0.6) is 0 Å². The summed E-state index contributed by atoms with van der Waals surface area (Å²) in [5.74, 6) is 0. The van der Waals surface area contributed by atoms with Crippen LogP contribution < -0.4 is 5.01 Å². The first-order valence-corrected chi connectivity index (χ1v) is 13.2. The van der Waals surface area contributed by atoms with E-state index in [9.17, 15) is 0 Å². The van der Waals surface area contributed by atoms with Gasteiger partial charge in [0.15, 0.2) is 5.70 Å². The van der Waals surface area contributed by atoms with Gasteiger partial charge in [0.05, 0.1) is 5.57 Å². The number of hydrogen-bond donors (Lipinski definition) is 1. The van der Waals surface area contributed by atoms with Crippen LogP contribution in [0.2, 0.25) is 0 Å². The molecule has 2 unspecified atom stereocenters. The van der Waals surface area contributed by atoms with Gasteiger partial charge in [-0.2, -0.15) is 9.69 Å². The maximum atomic E-state index is 2.57. The molecule has 2 atom stereocenters. The van der Waals surface area contributed by atoms with E-state index in [1.54, 1.807) is 0 Å². The number of allylic oxidation sites excluding steroid dienone is 1. The van der Waals surface area contributed by atoms with E-state index in [0.717, 1.165) is 6.42 Å². The van der Waals surface area contributed by atoms with Crippen molar-refractivity contribution in [1.29, 1.82) is 0 Å². The first kappa shape index (κ1) is 20.8. The average molecular weight is 476 g/mol. The van der Waals surface area contributed by atoms with E-state index >= 15 is 0 Å². The van der Waals surface area contributed by atoms with Gasteiger partial charge >= 0.3 is 0 Å². The number of benzene rings is 5. The molecule has 0 fully saturated rings. The Morgan fingerprint density at radius 1 is 0.595 bits per heavy atom. The molecule has 0 amide bonds. The molecule has 0 bridgehead atoms. The predicted octanol–water partition coefficient (Wildman–Crippen LogP) is 7.41. The van der Waals surface area contributed by atoms with E-state index in [1.165, 1.54) is 72.0 Å². The third-order valence-corrected chi connectivity index (χ3v) is 8.25. The van der Waals surface area contributed by atoms with Crippen LogP contribution in [0.25, 0.3) is 49.4 Å². The smallest absolute Gasteiger partial charge is 0.173 e. The zero-order valence-electron chi connectivity index (χ0n) is 20.6. The van der Waals surface area contributed by atoms with Gasteiger partial charge in [0.25, 0.3) is 0 Å². The molecule has 8 rings (SSSR count). The maximum Gasteiger partial charge on any atom is 0.173 e. The second kappa shape index (κ2) is 8.06. The summed E-state index contributed by atoms with van der Waals surface area (Å²) in [4.78, 5) is 0. The molecule has 1 aliphatic carbocycles. The molecule has 0 saturated carbocycles. The van der Waals surface area contributed by atoms with Crippen molar-refractivity contribution in [3.8, 4) is 11.1 Å². The Kier molecular flexibility index (Phi) is 4.52. The monoisotopic (exact) mass is 475 g/mol. The Morgan fingerprint density at radius 2 is 1.30 bits per heavy atom. The van der Waals surface area contributed by atoms with Crippen LogP contribution >= 0.6 is 0 Å². The minimum absolute atomic E-state index is 0.472. The summed E-state index contributed by atoms with van der Waals surface area (Å²) < 4.78 is 2.57. The summed E-state index contributed by atoms with van der Waals surface area (Å²) in [7, 11) is 0. The van der Waals surface area contributed by atoms with Crippen molar-refractivity contribution < 1.29 is 5.01 Å². The molecule has 2 nitrogen and oxygen atoms in total. The van der Waals surface area contributed by atoms with Crippen LogP contribution in [0.1, 0.15) is 18.4 Å². The molecule has 6 aromatic rings. The quantitative estimate of drug-likeness (QED) is 0.273. The summed E-state index contributed by atoms with van der Waals surface area (Å²) in [5, 5.41) is 6.77. The third kappa shape index (κ3) is 3.03. The molecule has 1 aromatic heterocycles. The van der Waals surface area contributed by atoms with Gasteiger partial charge < -0.3 is 0 Å². The number of fused-ring (bicyclic) bond motifs is 6. The predicted molar refractivity (Wildman–Crippen MR) is 154 cm³/mol. The van der Waals surface area contributed by atoms with E-state index in [1.807, 2.05) is 0 Å². The Hall–Kier alpha value is -4.40. The van der Waals surface area contributed by atoms with Gasteiger partial charge in [0.1, 0.15) is 17.1 Å². The molecular weight excluding hydrogens is 448 g/mol. The Balaban J connectivity index is 1.35. The van der Waals surface area contributed by atoms with Crippen molar-refractivity contribution >= 4 is 38.3 Å². The number of nitrogens with one attached hydrogen (secondary N) is 1. The van der Waals surface area contributed by atoms with Gasteiger partial charge in [-0.15, -0.1) is 0 Å². The molecule has 1 N–H and O–H groups in total. The van der Waals surface area contributed by atoms with Crippen molar-refractivity contribution in [2.45, 2.75) is 18.9 Å². The minimum Gasteiger partial charge on any atom is -0.188 e. The lowest BCUT2D eigenvalue weighted by atomic mass is 9.84. The van der Waals surface area contributed by atoms with E-state index in [4.69, 9.17) is 0 Å². The number of rotatable bonds is 3. The second-order valence-electron chi connectivity index (χ2n) is 10.2. The topological polar surface area (TPSA) is 9.37 Å². The number of hydrogen-bond acceptors (Lipinski definition) is 0. The summed E-state index contributed by atoms with van der Waals surface area (Å²) in [5.41, 5.74) is 9.32. The Morgan fingerprint density at radius 3 is 2.16 bits per heavy atom. The number of quaternary nitrogens is 1. The van der Waals surface area contributed by atoms with Crippen LogP contribution in [0, 0.1) is 0 Å². The van der Waals surface area contributed by atoms with Crippen LogP contribution in [0.3, 0.4) is 0 Å². The first-order chi connectivity index (χ1) is 18.4. The van der Waals surface area contributed by atoms with E-state index in [2.05, 4.69) is 132 Å². The molecule has 0 spiro atoms. The molecule has 0 saturated heterocycles. The number of para-hydroxylation sites is 1. The highest BCUT2D eigenvalue weighted by Crippen LogP contribution is 2.37. The van der Waals surface area contributed by atoms with Crippen LogP contribution in [0.15, 0.2) is 133 Å². The molecule has 2 aliphatic rings. The summed E-state index contributed by atoms with van der Waals surface area (Å²) in [6, 6.07) is 42.6. The third-order valence-electron chi connectivity index (χ3n) is 8.25. The van der Waals surface area contributed by atoms with Crippen molar-refractivity contribution in [3.05, 3.63) is 139 Å². The van der Waals surface area contributed by atoms with Crippen molar-refractivity contribution in [3.63, 3.8) is 0 Å². The van der Waals surface area contributed by atoms with Crippen molar-refractivity contribution in [1.82, 2.24) is 4.68 Å². The highest BCUT2D eigenvalue weighted by atomic mass is 15.6. The molecule has 1 aliphatic heterocycles. The van der Waals surface area contributed by atoms with Crippen LogP contribution in [0.4, 0.5) is 0 Å². The van der Waals surface area contributed by atoms with Gasteiger partial charge in [-0.1, -0.05) is 103 Å². The molecule has 2 heterocycles. The fourth-order valence-corrected chi connectivity index (χ4v) is 6.57. The minimum atomic E-state index is 0.472. The number of aromatic nitrogens is 1. The molecular formula is C35H27N2+. The zero-order valence-corrected chi connectivity index (χ0v) is 20.6. The summed E-state index contributed by atoms with van der Waals surface area (Å²) in [6.45, 7) is 0.